The fraction of sp³-hybridized carbons (Fsp3) is 0.250. The van der Waals surface area contributed by atoms with Crippen LogP contribution in [0.3, 0.4) is 0 Å². The smallest absolute Gasteiger partial charge is 0.307 e. The molecule has 0 aliphatic heterocycles. The van der Waals surface area contributed by atoms with E-state index in [9.17, 15) is 14.9 Å². The van der Waals surface area contributed by atoms with Gasteiger partial charge < -0.3 is 5.11 Å². The Morgan fingerprint density at radius 1 is 1.53 bits per heavy atom. The van der Waals surface area contributed by atoms with Gasteiger partial charge in [-0.2, -0.15) is 0 Å². The quantitative estimate of drug-likeness (QED) is 0.642. The van der Waals surface area contributed by atoms with Crippen molar-refractivity contribution in [3.05, 3.63) is 45.0 Å². The third kappa shape index (κ3) is 2.04. The largest absolute Gasteiger partial charge is 0.481 e. The zero-order valence-corrected chi connectivity index (χ0v) is 9.27. The number of nitro groups is 1. The van der Waals surface area contributed by atoms with E-state index in [0.717, 1.165) is 11.1 Å². The van der Waals surface area contributed by atoms with Gasteiger partial charge >= 0.3 is 5.97 Å². The molecule has 88 valence electrons. The lowest BCUT2D eigenvalue weighted by Gasteiger charge is -2.03. The van der Waals surface area contributed by atoms with Crippen molar-refractivity contribution in [2.24, 2.45) is 0 Å². The van der Waals surface area contributed by atoms with E-state index in [2.05, 4.69) is 0 Å². The molecule has 0 saturated heterocycles. The Morgan fingerprint density at radius 3 is 2.82 bits per heavy atom. The number of nitrogens with zero attached hydrogens (tertiary/aromatic N) is 1. The van der Waals surface area contributed by atoms with E-state index in [0.29, 0.717) is 17.6 Å². The van der Waals surface area contributed by atoms with Crippen molar-refractivity contribution in [2.75, 3.05) is 0 Å². The minimum atomic E-state index is -0.918. The summed E-state index contributed by atoms with van der Waals surface area (Å²) in [6.07, 6.45) is 0.593. The lowest BCUT2D eigenvalue weighted by atomic mass is 10.0. The van der Waals surface area contributed by atoms with Crippen LogP contribution in [-0.2, 0) is 11.2 Å². The maximum absolute atomic E-state index is 10.8. The van der Waals surface area contributed by atoms with Gasteiger partial charge in [0.05, 0.1) is 11.3 Å². The molecule has 2 rings (SSSR count). The number of carboxylic acids is 1. The standard InChI is InChI=1S/C12H11NO4/c1-7-4-8-2-3-9(13(16)17)5-11(8)10(7)6-12(14)15/h2-3,5H,4,6H2,1H3,(H,14,15). The molecule has 0 unspecified atom stereocenters. The molecule has 1 aromatic rings. The summed E-state index contributed by atoms with van der Waals surface area (Å²) < 4.78 is 0. The van der Waals surface area contributed by atoms with Gasteiger partial charge in [-0.3, -0.25) is 14.9 Å². The fourth-order valence-corrected chi connectivity index (χ4v) is 2.13. The van der Waals surface area contributed by atoms with Crippen LogP contribution in [0.25, 0.3) is 5.57 Å². The molecule has 0 saturated carbocycles. The molecule has 0 radical (unpaired) electrons. The average molecular weight is 233 g/mol. The number of rotatable bonds is 3. The summed E-state index contributed by atoms with van der Waals surface area (Å²) in [5.74, 6) is -0.918. The van der Waals surface area contributed by atoms with Gasteiger partial charge in [0.2, 0.25) is 0 Å². The zero-order chi connectivity index (χ0) is 12.6. The Morgan fingerprint density at radius 2 is 2.24 bits per heavy atom. The lowest BCUT2D eigenvalue weighted by Crippen LogP contribution is -1.97. The van der Waals surface area contributed by atoms with E-state index in [-0.39, 0.29) is 12.1 Å². The van der Waals surface area contributed by atoms with E-state index in [1.54, 1.807) is 6.07 Å². The van der Waals surface area contributed by atoms with Gasteiger partial charge in [-0.1, -0.05) is 11.6 Å². The summed E-state index contributed by atoms with van der Waals surface area (Å²) in [7, 11) is 0. The number of nitro benzene ring substituents is 1. The third-order valence-corrected chi connectivity index (χ3v) is 2.93. The van der Waals surface area contributed by atoms with Gasteiger partial charge in [-0.15, -0.1) is 0 Å². The highest BCUT2D eigenvalue weighted by atomic mass is 16.6. The van der Waals surface area contributed by atoms with Gasteiger partial charge in [0.15, 0.2) is 0 Å². The maximum Gasteiger partial charge on any atom is 0.307 e. The van der Waals surface area contributed by atoms with E-state index in [1.165, 1.54) is 12.1 Å². The Bertz CT molecular complexity index is 545. The number of hydrogen-bond acceptors (Lipinski definition) is 3. The van der Waals surface area contributed by atoms with Gasteiger partial charge in [0.25, 0.3) is 5.69 Å². The molecular formula is C12H11NO4. The first-order valence-electron chi connectivity index (χ1n) is 5.17. The summed E-state index contributed by atoms with van der Waals surface area (Å²) in [6, 6.07) is 4.62. The van der Waals surface area contributed by atoms with Crippen LogP contribution in [0.15, 0.2) is 23.8 Å². The second-order valence-corrected chi connectivity index (χ2v) is 4.10. The van der Waals surface area contributed by atoms with Crippen molar-refractivity contribution in [1.82, 2.24) is 0 Å². The molecule has 0 fully saturated rings. The summed E-state index contributed by atoms with van der Waals surface area (Å²) in [6.45, 7) is 1.87. The minimum Gasteiger partial charge on any atom is -0.481 e. The number of non-ortho nitro benzene ring substituents is 1. The highest BCUT2D eigenvalue weighted by Crippen LogP contribution is 2.36. The van der Waals surface area contributed by atoms with Crippen LogP contribution in [0.1, 0.15) is 24.5 Å². The van der Waals surface area contributed by atoms with Crippen molar-refractivity contribution in [3.8, 4) is 0 Å². The fourth-order valence-electron chi connectivity index (χ4n) is 2.13. The zero-order valence-electron chi connectivity index (χ0n) is 9.27. The Hall–Kier alpha value is -2.17. The molecule has 0 bridgehead atoms. The first-order chi connectivity index (χ1) is 7.99. The topological polar surface area (TPSA) is 80.4 Å². The number of hydrogen-bond donors (Lipinski definition) is 1. The third-order valence-electron chi connectivity index (χ3n) is 2.93. The highest BCUT2D eigenvalue weighted by molar-refractivity contribution is 5.88. The average Bonchev–Trinajstić information content (AvgIpc) is 2.54. The molecule has 0 heterocycles. The lowest BCUT2D eigenvalue weighted by molar-refractivity contribution is -0.384. The number of carbonyl (C=O) groups is 1. The minimum absolute atomic E-state index is 0.00124. The van der Waals surface area contributed by atoms with Crippen LogP contribution in [0.2, 0.25) is 0 Å². The van der Waals surface area contributed by atoms with Crippen molar-refractivity contribution in [2.45, 2.75) is 19.8 Å². The summed E-state index contributed by atoms with van der Waals surface area (Å²) in [5, 5.41) is 19.5. The number of carboxylic acid groups (broad SMARTS) is 1. The Labute approximate surface area is 97.5 Å². The molecule has 0 amide bonds. The van der Waals surface area contributed by atoms with Gasteiger partial charge in [0.1, 0.15) is 0 Å². The molecule has 17 heavy (non-hydrogen) atoms. The molecule has 1 N–H and O–H groups in total. The van der Waals surface area contributed by atoms with Crippen LogP contribution >= 0.6 is 0 Å². The number of fused-ring (bicyclic) bond motifs is 1. The van der Waals surface area contributed by atoms with Crippen LogP contribution in [0.5, 0.6) is 0 Å². The van der Waals surface area contributed by atoms with Gasteiger partial charge in [-0.25, -0.2) is 0 Å². The molecule has 5 nitrogen and oxygen atoms in total. The molecular weight excluding hydrogens is 222 g/mol. The summed E-state index contributed by atoms with van der Waals surface area (Å²) in [5.41, 5.74) is 3.35. The van der Waals surface area contributed by atoms with E-state index in [4.69, 9.17) is 5.11 Å². The molecule has 0 atom stereocenters. The first kappa shape index (κ1) is 11.3. The molecule has 1 aliphatic carbocycles. The van der Waals surface area contributed by atoms with Crippen LogP contribution in [0, 0.1) is 10.1 Å². The molecule has 1 aromatic carbocycles. The van der Waals surface area contributed by atoms with Gasteiger partial charge in [-0.05, 0) is 30.0 Å². The summed E-state index contributed by atoms with van der Waals surface area (Å²) in [4.78, 5) is 21.0. The Kier molecular flexibility index (Phi) is 2.67. The monoisotopic (exact) mass is 233 g/mol. The van der Waals surface area contributed by atoms with E-state index in [1.807, 2.05) is 6.92 Å². The second-order valence-electron chi connectivity index (χ2n) is 4.10. The Balaban J connectivity index is 2.47. The second kappa shape index (κ2) is 4.01. The number of aliphatic carboxylic acids is 1. The first-order valence-corrected chi connectivity index (χ1v) is 5.17. The van der Waals surface area contributed by atoms with Crippen molar-refractivity contribution >= 4 is 17.2 Å². The highest BCUT2D eigenvalue weighted by Gasteiger charge is 2.23. The summed E-state index contributed by atoms with van der Waals surface area (Å²) >= 11 is 0. The van der Waals surface area contributed by atoms with E-state index < -0.39 is 10.9 Å². The van der Waals surface area contributed by atoms with Crippen molar-refractivity contribution < 1.29 is 14.8 Å². The molecule has 1 aliphatic rings. The maximum atomic E-state index is 10.8. The van der Waals surface area contributed by atoms with Crippen molar-refractivity contribution in [3.63, 3.8) is 0 Å². The van der Waals surface area contributed by atoms with Crippen LogP contribution < -0.4 is 0 Å². The predicted octanol–water partition coefficient (Wildman–Crippen LogP) is 2.40. The number of benzene rings is 1. The van der Waals surface area contributed by atoms with Crippen LogP contribution in [0.4, 0.5) is 5.69 Å². The molecule has 5 heteroatoms. The van der Waals surface area contributed by atoms with Gasteiger partial charge in [0, 0.05) is 12.1 Å². The normalized spacial score (nSPS) is 13.7. The number of allylic oxidation sites excluding steroid dienone is 1. The van der Waals surface area contributed by atoms with E-state index >= 15 is 0 Å². The molecule has 0 aromatic heterocycles. The molecule has 0 spiro atoms. The predicted molar refractivity (Wildman–Crippen MR) is 61.6 cm³/mol. The SMILES string of the molecule is CC1=C(CC(=O)O)c2cc([N+](=O)[O-])ccc2C1. The van der Waals surface area contributed by atoms with Crippen LogP contribution in [-0.4, -0.2) is 16.0 Å². The van der Waals surface area contributed by atoms with Crippen molar-refractivity contribution in [1.29, 1.82) is 0 Å².